The van der Waals surface area contributed by atoms with Gasteiger partial charge in [-0.2, -0.15) is 0 Å². The van der Waals surface area contributed by atoms with Gasteiger partial charge in [0.25, 0.3) is 0 Å². The van der Waals surface area contributed by atoms with Gasteiger partial charge in [0.15, 0.2) is 0 Å². The van der Waals surface area contributed by atoms with Crippen LogP contribution in [-0.4, -0.2) is 28.5 Å². The molecule has 0 fully saturated rings. The molecule has 0 bridgehead atoms. The fraction of sp³-hybridized carbons (Fsp3) is 0.615. The molecule has 0 aliphatic rings. The minimum Gasteiger partial charge on any atom is -0.373 e. The molecule has 106 valence electrons. The minimum absolute atomic E-state index is 0.180. The molecule has 6 nitrogen and oxygen atoms in total. The Morgan fingerprint density at radius 3 is 2.11 bits per heavy atom. The highest BCUT2D eigenvalue weighted by Crippen LogP contribution is 2.23. The van der Waals surface area contributed by atoms with E-state index in [-0.39, 0.29) is 5.41 Å². The Morgan fingerprint density at radius 2 is 1.68 bits per heavy atom. The van der Waals surface area contributed by atoms with E-state index in [1.54, 1.807) is 27.0 Å². The Morgan fingerprint density at radius 1 is 1.16 bits per heavy atom. The molecule has 0 saturated carbocycles. The molecule has 1 aromatic rings. The van der Waals surface area contributed by atoms with Crippen LogP contribution in [0.3, 0.4) is 0 Å². The monoisotopic (exact) mass is 265 g/mol. The van der Waals surface area contributed by atoms with Gasteiger partial charge in [-0.25, -0.2) is 9.97 Å². The molecule has 0 aliphatic carbocycles. The fourth-order valence-electron chi connectivity index (χ4n) is 1.36. The maximum atomic E-state index is 11.4. The second-order valence-electron chi connectivity index (χ2n) is 6.08. The first-order valence-corrected chi connectivity index (χ1v) is 6.21. The summed E-state index contributed by atoms with van der Waals surface area (Å²) in [7, 11) is 1.79. The van der Waals surface area contributed by atoms with Crippen LogP contribution in [0, 0.1) is 0 Å². The van der Waals surface area contributed by atoms with Crippen molar-refractivity contribution < 1.29 is 4.79 Å². The second-order valence-corrected chi connectivity index (χ2v) is 6.08. The summed E-state index contributed by atoms with van der Waals surface area (Å²) in [6, 6.07) is 1.75. The first kappa shape index (κ1) is 15.2. The van der Waals surface area contributed by atoms with E-state index in [2.05, 4.69) is 20.6 Å². The second kappa shape index (κ2) is 5.03. The van der Waals surface area contributed by atoms with E-state index in [4.69, 9.17) is 5.73 Å². The Bertz CT molecular complexity index is 476. The van der Waals surface area contributed by atoms with Gasteiger partial charge in [0, 0.05) is 18.5 Å². The van der Waals surface area contributed by atoms with Crippen LogP contribution in [0.15, 0.2) is 6.07 Å². The Hall–Kier alpha value is -1.85. The van der Waals surface area contributed by atoms with Crippen molar-refractivity contribution in [3.63, 3.8) is 0 Å². The van der Waals surface area contributed by atoms with Gasteiger partial charge < -0.3 is 16.4 Å². The maximum Gasteiger partial charge on any atom is 0.242 e. The molecule has 6 heteroatoms. The van der Waals surface area contributed by atoms with Gasteiger partial charge in [-0.15, -0.1) is 0 Å². The first-order chi connectivity index (χ1) is 8.56. The topological polar surface area (TPSA) is 92.9 Å². The Kier molecular flexibility index (Phi) is 4.03. The molecule has 0 saturated heterocycles. The van der Waals surface area contributed by atoms with Crippen LogP contribution in [0.2, 0.25) is 0 Å². The van der Waals surface area contributed by atoms with Crippen molar-refractivity contribution >= 4 is 17.5 Å². The summed E-state index contributed by atoms with van der Waals surface area (Å²) in [5.74, 6) is 1.53. The van der Waals surface area contributed by atoms with E-state index in [1.807, 2.05) is 20.8 Å². The number of nitrogens with one attached hydrogen (secondary N) is 2. The van der Waals surface area contributed by atoms with E-state index in [9.17, 15) is 4.79 Å². The van der Waals surface area contributed by atoms with Crippen LogP contribution in [0.1, 0.15) is 40.4 Å². The number of nitrogens with two attached hydrogens (primary N) is 1. The molecule has 0 atom stereocenters. The lowest BCUT2D eigenvalue weighted by atomic mass is 9.95. The van der Waals surface area contributed by atoms with Crippen molar-refractivity contribution in [2.75, 3.05) is 17.7 Å². The standard InChI is InChI=1S/C13H23N5O/c1-12(2,3)11-16-8(15-6)7-9(17-11)18-13(4,5)10(14)19/h7H,1-6H3,(H2,14,19)(H2,15,16,17,18). The van der Waals surface area contributed by atoms with E-state index < -0.39 is 11.4 Å². The van der Waals surface area contributed by atoms with Crippen molar-refractivity contribution in [3.05, 3.63) is 11.9 Å². The number of hydrogen-bond donors (Lipinski definition) is 3. The quantitative estimate of drug-likeness (QED) is 0.767. The highest BCUT2D eigenvalue weighted by atomic mass is 16.1. The SMILES string of the molecule is CNc1cc(NC(C)(C)C(N)=O)nc(C(C)(C)C)n1. The molecule has 0 aliphatic heterocycles. The molecule has 0 unspecified atom stereocenters. The van der Waals surface area contributed by atoms with Crippen molar-refractivity contribution in [3.8, 4) is 0 Å². The predicted molar refractivity (Wildman–Crippen MR) is 77.2 cm³/mol. The zero-order valence-electron chi connectivity index (χ0n) is 12.5. The summed E-state index contributed by atoms with van der Waals surface area (Å²) in [5, 5.41) is 6.03. The molecular formula is C13H23N5O. The normalized spacial score (nSPS) is 12.1. The number of anilines is 2. The lowest BCUT2D eigenvalue weighted by molar-refractivity contribution is -0.121. The zero-order chi connectivity index (χ0) is 14.8. The molecule has 1 rings (SSSR count). The summed E-state index contributed by atoms with van der Waals surface area (Å²) in [5.41, 5.74) is 4.31. The van der Waals surface area contributed by atoms with Gasteiger partial charge in [0.1, 0.15) is 23.0 Å². The summed E-state index contributed by atoms with van der Waals surface area (Å²) in [4.78, 5) is 20.2. The first-order valence-electron chi connectivity index (χ1n) is 6.21. The molecule has 1 amide bonds. The lowest BCUT2D eigenvalue weighted by Gasteiger charge is -2.25. The van der Waals surface area contributed by atoms with Crippen molar-refractivity contribution in [2.24, 2.45) is 5.73 Å². The number of carbonyl (C=O) groups is 1. The summed E-state index contributed by atoms with van der Waals surface area (Å²) in [6.45, 7) is 9.53. The number of carbonyl (C=O) groups excluding carboxylic acids is 1. The van der Waals surface area contributed by atoms with E-state index in [1.165, 1.54) is 0 Å². The van der Waals surface area contributed by atoms with Gasteiger partial charge in [-0.3, -0.25) is 4.79 Å². The van der Waals surface area contributed by atoms with Crippen LogP contribution in [-0.2, 0) is 10.2 Å². The molecule has 0 spiro atoms. The van der Waals surface area contributed by atoms with Crippen molar-refractivity contribution in [1.82, 2.24) is 9.97 Å². The average Bonchev–Trinajstić information content (AvgIpc) is 2.26. The number of hydrogen-bond acceptors (Lipinski definition) is 5. The van der Waals surface area contributed by atoms with Crippen LogP contribution < -0.4 is 16.4 Å². The summed E-state index contributed by atoms with van der Waals surface area (Å²) in [6.07, 6.45) is 0. The minimum atomic E-state index is -0.867. The smallest absolute Gasteiger partial charge is 0.242 e. The fourth-order valence-corrected chi connectivity index (χ4v) is 1.36. The van der Waals surface area contributed by atoms with E-state index in [0.29, 0.717) is 17.5 Å². The van der Waals surface area contributed by atoms with Crippen molar-refractivity contribution in [1.29, 1.82) is 0 Å². The third-order valence-electron chi connectivity index (χ3n) is 2.71. The van der Waals surface area contributed by atoms with Gasteiger partial charge in [0.2, 0.25) is 5.91 Å². The highest BCUT2D eigenvalue weighted by Gasteiger charge is 2.26. The van der Waals surface area contributed by atoms with Crippen LogP contribution in [0.4, 0.5) is 11.6 Å². The highest BCUT2D eigenvalue weighted by molar-refractivity contribution is 5.86. The molecule has 0 aromatic carbocycles. The Labute approximate surface area is 114 Å². The van der Waals surface area contributed by atoms with Crippen LogP contribution in [0.5, 0.6) is 0 Å². The molecule has 1 heterocycles. The van der Waals surface area contributed by atoms with Gasteiger partial charge in [-0.1, -0.05) is 20.8 Å². The number of rotatable bonds is 4. The number of nitrogens with zero attached hydrogens (tertiary/aromatic N) is 2. The van der Waals surface area contributed by atoms with Gasteiger partial charge in [0.05, 0.1) is 0 Å². The third-order valence-corrected chi connectivity index (χ3v) is 2.71. The summed E-state index contributed by atoms with van der Waals surface area (Å²) < 4.78 is 0. The van der Waals surface area contributed by atoms with Crippen LogP contribution >= 0.6 is 0 Å². The predicted octanol–water partition coefficient (Wildman–Crippen LogP) is 1.49. The van der Waals surface area contributed by atoms with Crippen LogP contribution in [0.25, 0.3) is 0 Å². The largest absolute Gasteiger partial charge is 0.373 e. The van der Waals surface area contributed by atoms with Gasteiger partial charge >= 0.3 is 0 Å². The molecule has 1 aromatic heterocycles. The zero-order valence-corrected chi connectivity index (χ0v) is 12.5. The summed E-state index contributed by atoms with van der Waals surface area (Å²) >= 11 is 0. The molecular weight excluding hydrogens is 242 g/mol. The maximum absolute atomic E-state index is 11.4. The molecule has 0 radical (unpaired) electrons. The average molecular weight is 265 g/mol. The number of primary amides is 1. The van der Waals surface area contributed by atoms with E-state index in [0.717, 1.165) is 0 Å². The third kappa shape index (κ3) is 3.81. The molecule has 19 heavy (non-hydrogen) atoms. The lowest BCUT2D eigenvalue weighted by Crippen LogP contribution is -2.45. The molecule has 4 N–H and O–H groups in total. The Balaban J connectivity index is 3.18. The number of aromatic nitrogens is 2. The number of amides is 1. The van der Waals surface area contributed by atoms with Crippen molar-refractivity contribution in [2.45, 2.75) is 45.6 Å². The van der Waals surface area contributed by atoms with Gasteiger partial charge in [-0.05, 0) is 13.8 Å². The van der Waals surface area contributed by atoms with E-state index >= 15 is 0 Å².